The van der Waals surface area contributed by atoms with E-state index in [0.717, 1.165) is 22.0 Å². The van der Waals surface area contributed by atoms with E-state index < -0.39 is 18.0 Å². The first-order valence-electron chi connectivity index (χ1n) is 7.27. The molecule has 0 radical (unpaired) electrons. The van der Waals surface area contributed by atoms with E-state index >= 15 is 0 Å². The average Bonchev–Trinajstić information content (AvgIpc) is 2.55. The highest BCUT2D eigenvalue weighted by Crippen LogP contribution is 2.34. The summed E-state index contributed by atoms with van der Waals surface area (Å²) < 4.78 is 9.91. The van der Waals surface area contributed by atoms with Gasteiger partial charge in [0.2, 0.25) is 0 Å². The molecule has 6 heteroatoms. The van der Waals surface area contributed by atoms with Gasteiger partial charge >= 0.3 is 11.9 Å². The third-order valence-corrected chi connectivity index (χ3v) is 4.13. The number of aromatic nitrogens is 1. The molecule has 0 amide bonds. The molecule has 0 fully saturated rings. The molecular weight excluding hydrogens is 330 g/mol. The molecular formula is C18H18ClNO4. The fourth-order valence-corrected chi connectivity index (χ4v) is 2.63. The summed E-state index contributed by atoms with van der Waals surface area (Å²) in [5, 5.41) is 0.972. The molecule has 1 aromatic carbocycles. The minimum atomic E-state index is -1.05. The lowest BCUT2D eigenvalue weighted by molar-refractivity contribution is -0.147. The van der Waals surface area contributed by atoms with E-state index in [9.17, 15) is 9.59 Å². The van der Waals surface area contributed by atoms with Gasteiger partial charge in [0.1, 0.15) is 5.15 Å². The minimum absolute atomic E-state index is 0.0282. The highest BCUT2D eigenvalue weighted by Gasteiger charge is 2.27. The van der Waals surface area contributed by atoms with Gasteiger partial charge in [-0.25, -0.2) is 9.78 Å². The maximum absolute atomic E-state index is 11.8. The van der Waals surface area contributed by atoms with E-state index in [2.05, 4.69) is 16.3 Å². The highest BCUT2D eigenvalue weighted by atomic mass is 35.5. The van der Waals surface area contributed by atoms with Crippen molar-refractivity contribution in [1.29, 1.82) is 0 Å². The zero-order valence-corrected chi connectivity index (χ0v) is 14.7. The Morgan fingerprint density at radius 2 is 1.96 bits per heavy atom. The van der Waals surface area contributed by atoms with Gasteiger partial charge in [-0.3, -0.25) is 4.79 Å². The number of carbonyl (C=O) groups excluding carboxylic acids is 2. The van der Waals surface area contributed by atoms with Gasteiger partial charge in [0.05, 0.1) is 18.2 Å². The van der Waals surface area contributed by atoms with Crippen LogP contribution in [0.5, 0.6) is 0 Å². The highest BCUT2D eigenvalue weighted by molar-refractivity contribution is 6.30. The second-order valence-electron chi connectivity index (χ2n) is 5.45. The number of carbonyl (C=O) groups is 2. The van der Waals surface area contributed by atoms with Crippen molar-refractivity contribution < 1.29 is 19.1 Å². The molecule has 0 saturated carbocycles. The molecule has 1 heterocycles. The van der Waals surface area contributed by atoms with Crippen LogP contribution in [0.25, 0.3) is 10.9 Å². The maximum atomic E-state index is 11.8. The number of rotatable bonds is 4. The van der Waals surface area contributed by atoms with Crippen LogP contribution in [0.4, 0.5) is 0 Å². The van der Waals surface area contributed by atoms with Gasteiger partial charge in [-0.15, -0.1) is 0 Å². The number of esters is 2. The molecule has 0 aliphatic heterocycles. The van der Waals surface area contributed by atoms with Crippen molar-refractivity contribution in [3.63, 3.8) is 0 Å². The molecule has 0 aliphatic carbocycles. The molecule has 0 bridgehead atoms. The minimum Gasteiger partial charge on any atom is -0.466 e. The standard InChI is InChI=1S/C18H18ClNO4/c1-9-6-7-13-8-14(17(19)20-15(13)10(9)2)16(24-12(4)21)11(3)18(22)23-5/h6-8,16H,3H2,1-2,4-5H3. The Kier molecular flexibility index (Phi) is 5.24. The Morgan fingerprint density at radius 3 is 2.54 bits per heavy atom. The number of methoxy groups -OCH3 is 1. The van der Waals surface area contributed by atoms with Gasteiger partial charge in [-0.1, -0.05) is 30.3 Å². The molecule has 0 N–H and O–H groups in total. The van der Waals surface area contributed by atoms with E-state index in [4.69, 9.17) is 16.3 Å². The summed E-state index contributed by atoms with van der Waals surface area (Å²) in [6, 6.07) is 5.61. The van der Waals surface area contributed by atoms with Crippen molar-refractivity contribution in [1.82, 2.24) is 4.98 Å². The lowest BCUT2D eigenvalue weighted by Crippen LogP contribution is -2.18. The van der Waals surface area contributed by atoms with Gasteiger partial charge in [0.15, 0.2) is 6.10 Å². The molecule has 1 atom stereocenters. The predicted molar refractivity (Wildman–Crippen MR) is 91.9 cm³/mol. The molecule has 24 heavy (non-hydrogen) atoms. The lowest BCUT2D eigenvalue weighted by Gasteiger charge is -2.20. The van der Waals surface area contributed by atoms with Crippen LogP contribution >= 0.6 is 11.6 Å². The predicted octanol–water partition coefficient (Wildman–Crippen LogP) is 3.84. The number of fused-ring (bicyclic) bond motifs is 1. The molecule has 5 nitrogen and oxygen atoms in total. The van der Waals surface area contributed by atoms with Crippen molar-refractivity contribution in [2.24, 2.45) is 0 Å². The maximum Gasteiger partial charge on any atom is 0.337 e. The molecule has 2 aromatic rings. The second-order valence-corrected chi connectivity index (χ2v) is 5.81. The fourth-order valence-electron chi connectivity index (χ4n) is 2.39. The van der Waals surface area contributed by atoms with Gasteiger partial charge in [-0.05, 0) is 31.0 Å². The zero-order valence-electron chi connectivity index (χ0n) is 14.0. The van der Waals surface area contributed by atoms with Crippen molar-refractivity contribution in [3.05, 3.63) is 52.2 Å². The third kappa shape index (κ3) is 3.41. The van der Waals surface area contributed by atoms with Crippen LogP contribution in [0.15, 0.2) is 30.4 Å². The first-order chi connectivity index (χ1) is 11.3. The molecule has 1 aromatic heterocycles. The number of pyridine rings is 1. The number of nitrogens with zero attached hydrogens (tertiary/aromatic N) is 1. The molecule has 0 saturated heterocycles. The fraction of sp³-hybridized carbons (Fsp3) is 0.278. The zero-order chi connectivity index (χ0) is 18.0. The smallest absolute Gasteiger partial charge is 0.337 e. The SMILES string of the molecule is C=C(C(=O)OC)C(OC(C)=O)c1cc2ccc(C)c(C)c2nc1Cl. The quantitative estimate of drug-likeness (QED) is 0.477. The second kappa shape index (κ2) is 7.01. The third-order valence-electron chi connectivity index (χ3n) is 3.82. The van der Waals surface area contributed by atoms with Crippen molar-refractivity contribution in [2.45, 2.75) is 26.9 Å². The van der Waals surface area contributed by atoms with E-state index in [1.807, 2.05) is 26.0 Å². The van der Waals surface area contributed by atoms with Gasteiger partial charge in [0, 0.05) is 17.9 Å². The number of halogens is 1. The summed E-state index contributed by atoms with van der Waals surface area (Å²) in [6.07, 6.45) is -1.05. The monoisotopic (exact) mass is 347 g/mol. The van der Waals surface area contributed by atoms with Crippen LogP contribution in [0, 0.1) is 13.8 Å². The average molecular weight is 348 g/mol. The van der Waals surface area contributed by atoms with Gasteiger partial charge < -0.3 is 9.47 Å². The summed E-state index contributed by atoms with van der Waals surface area (Å²) in [4.78, 5) is 27.7. The Hall–Kier alpha value is -2.40. The molecule has 1 unspecified atom stereocenters. The number of ether oxygens (including phenoxy) is 2. The summed E-state index contributed by atoms with van der Waals surface area (Å²) in [5.74, 6) is -1.25. The summed E-state index contributed by atoms with van der Waals surface area (Å²) in [7, 11) is 1.23. The van der Waals surface area contributed by atoms with E-state index in [0.29, 0.717) is 5.56 Å². The molecule has 2 rings (SSSR count). The number of aryl methyl sites for hydroxylation is 2. The first-order valence-corrected chi connectivity index (χ1v) is 7.64. The van der Waals surface area contributed by atoms with Crippen molar-refractivity contribution in [3.8, 4) is 0 Å². The number of benzene rings is 1. The van der Waals surface area contributed by atoms with Crippen LogP contribution < -0.4 is 0 Å². The topological polar surface area (TPSA) is 65.5 Å². The van der Waals surface area contributed by atoms with Gasteiger partial charge in [0.25, 0.3) is 0 Å². The lowest BCUT2D eigenvalue weighted by atomic mass is 10.00. The van der Waals surface area contributed by atoms with Crippen LogP contribution in [0.1, 0.15) is 29.7 Å². The Bertz CT molecular complexity index is 845. The number of hydrogen-bond acceptors (Lipinski definition) is 5. The van der Waals surface area contributed by atoms with Crippen LogP contribution in [-0.4, -0.2) is 24.0 Å². The van der Waals surface area contributed by atoms with E-state index in [1.54, 1.807) is 6.07 Å². The Balaban J connectivity index is 2.63. The number of hydrogen-bond donors (Lipinski definition) is 0. The summed E-state index contributed by atoms with van der Waals surface area (Å²) in [6.45, 7) is 8.85. The summed E-state index contributed by atoms with van der Waals surface area (Å²) in [5.41, 5.74) is 3.22. The van der Waals surface area contributed by atoms with E-state index in [1.165, 1.54) is 14.0 Å². The van der Waals surface area contributed by atoms with Crippen molar-refractivity contribution in [2.75, 3.05) is 7.11 Å². The normalized spacial score (nSPS) is 11.9. The van der Waals surface area contributed by atoms with Crippen LogP contribution in [-0.2, 0) is 19.1 Å². The molecule has 0 aliphatic rings. The van der Waals surface area contributed by atoms with Crippen LogP contribution in [0.2, 0.25) is 5.15 Å². The Labute approximate surface area is 145 Å². The van der Waals surface area contributed by atoms with Crippen molar-refractivity contribution >= 4 is 34.4 Å². The largest absolute Gasteiger partial charge is 0.466 e. The van der Waals surface area contributed by atoms with E-state index in [-0.39, 0.29) is 10.7 Å². The van der Waals surface area contributed by atoms with Crippen LogP contribution in [0.3, 0.4) is 0 Å². The molecule has 126 valence electrons. The molecule has 0 spiro atoms. The Morgan fingerprint density at radius 1 is 1.29 bits per heavy atom. The van der Waals surface area contributed by atoms with Gasteiger partial charge in [-0.2, -0.15) is 0 Å². The first kappa shape index (κ1) is 17.9. The summed E-state index contributed by atoms with van der Waals surface area (Å²) >= 11 is 6.30.